The third-order valence-electron chi connectivity index (χ3n) is 1.17. The highest BCUT2D eigenvalue weighted by atomic mass is 14.5. The number of hydrogen-bond donors (Lipinski definition) is 1. The Bertz CT molecular complexity index is 140. The standard InChI is InChI=1S/C8H15N.C2H6.C2H2/c1-3-8(2)6-4-5-7-9;2*1-2/h3-4,6H,5,7,9H2,1-2H3;1-2H3;1-2H/b6-4-,8-3-;;. The van der Waals surface area contributed by atoms with Crippen molar-refractivity contribution in [1.82, 2.24) is 0 Å². The molecule has 0 bridgehead atoms. The van der Waals surface area contributed by atoms with Crippen LogP contribution in [0.25, 0.3) is 0 Å². The molecule has 0 rings (SSSR count). The molecule has 0 aliphatic rings. The van der Waals surface area contributed by atoms with E-state index < -0.39 is 0 Å². The van der Waals surface area contributed by atoms with Crippen molar-refractivity contribution < 1.29 is 0 Å². The van der Waals surface area contributed by atoms with Gasteiger partial charge >= 0.3 is 0 Å². The molecule has 0 aromatic heterocycles. The van der Waals surface area contributed by atoms with Crippen molar-refractivity contribution in [2.24, 2.45) is 5.73 Å². The summed E-state index contributed by atoms with van der Waals surface area (Å²) in [4.78, 5) is 0. The monoisotopic (exact) mass is 181 g/mol. The lowest BCUT2D eigenvalue weighted by Gasteiger charge is -1.86. The lowest BCUT2D eigenvalue weighted by Crippen LogP contribution is -1.94. The van der Waals surface area contributed by atoms with Crippen molar-refractivity contribution in [3.63, 3.8) is 0 Å². The van der Waals surface area contributed by atoms with Gasteiger partial charge in [0.15, 0.2) is 0 Å². The Morgan fingerprint density at radius 1 is 1.31 bits per heavy atom. The number of allylic oxidation sites excluding steroid dienone is 3. The zero-order chi connectivity index (χ0) is 11.1. The molecule has 0 saturated heterocycles. The van der Waals surface area contributed by atoms with Gasteiger partial charge in [-0.05, 0) is 26.8 Å². The highest BCUT2D eigenvalue weighted by Gasteiger charge is 1.75. The van der Waals surface area contributed by atoms with E-state index in [1.807, 2.05) is 20.8 Å². The van der Waals surface area contributed by atoms with E-state index in [9.17, 15) is 0 Å². The van der Waals surface area contributed by atoms with Crippen LogP contribution in [0.3, 0.4) is 0 Å². The lowest BCUT2D eigenvalue weighted by atomic mass is 10.2. The molecule has 2 N–H and O–H groups in total. The minimum Gasteiger partial charge on any atom is -0.330 e. The fraction of sp³-hybridized carbons (Fsp3) is 0.500. The van der Waals surface area contributed by atoms with E-state index >= 15 is 0 Å². The molecule has 0 spiro atoms. The van der Waals surface area contributed by atoms with E-state index in [1.54, 1.807) is 0 Å². The molecule has 0 aromatic carbocycles. The van der Waals surface area contributed by atoms with Crippen LogP contribution in [-0.4, -0.2) is 6.54 Å². The molecule has 0 aromatic rings. The fourth-order valence-corrected chi connectivity index (χ4v) is 0.462. The van der Waals surface area contributed by atoms with Gasteiger partial charge in [-0.3, -0.25) is 0 Å². The predicted molar refractivity (Wildman–Crippen MR) is 63.5 cm³/mol. The van der Waals surface area contributed by atoms with Gasteiger partial charge in [0.25, 0.3) is 0 Å². The Hall–Kier alpha value is -1.00. The second kappa shape index (κ2) is 22.4. The summed E-state index contributed by atoms with van der Waals surface area (Å²) < 4.78 is 0. The van der Waals surface area contributed by atoms with E-state index in [0.717, 1.165) is 13.0 Å². The van der Waals surface area contributed by atoms with Crippen LogP contribution in [0.4, 0.5) is 0 Å². The summed E-state index contributed by atoms with van der Waals surface area (Å²) in [6.45, 7) is 8.85. The van der Waals surface area contributed by atoms with Gasteiger partial charge < -0.3 is 5.73 Å². The summed E-state index contributed by atoms with van der Waals surface area (Å²) >= 11 is 0. The average molecular weight is 181 g/mol. The normalized spacial score (nSPS) is 9.62. The van der Waals surface area contributed by atoms with Gasteiger partial charge in [-0.15, -0.1) is 12.8 Å². The molecule has 76 valence electrons. The van der Waals surface area contributed by atoms with Gasteiger partial charge in [-0.1, -0.05) is 37.6 Å². The summed E-state index contributed by atoms with van der Waals surface area (Å²) in [7, 11) is 0. The molecule has 0 radical (unpaired) electrons. The quantitative estimate of drug-likeness (QED) is 0.525. The maximum atomic E-state index is 5.29. The molecule has 0 aliphatic heterocycles. The van der Waals surface area contributed by atoms with E-state index in [2.05, 4.69) is 38.0 Å². The van der Waals surface area contributed by atoms with Crippen LogP contribution in [0.1, 0.15) is 34.1 Å². The number of terminal acetylenes is 1. The average Bonchev–Trinajstić information content (AvgIpc) is 2.24. The third-order valence-corrected chi connectivity index (χ3v) is 1.17. The van der Waals surface area contributed by atoms with E-state index in [4.69, 9.17) is 5.73 Å². The third kappa shape index (κ3) is 24.8. The first kappa shape index (κ1) is 17.9. The summed E-state index contributed by atoms with van der Waals surface area (Å²) in [5, 5.41) is 0. The second-order valence-electron chi connectivity index (χ2n) is 2.01. The van der Waals surface area contributed by atoms with Crippen LogP contribution in [0.2, 0.25) is 0 Å². The fourth-order valence-electron chi connectivity index (χ4n) is 0.462. The van der Waals surface area contributed by atoms with Crippen molar-refractivity contribution in [3.8, 4) is 12.8 Å². The highest BCUT2D eigenvalue weighted by Crippen LogP contribution is 1.93. The molecular weight excluding hydrogens is 158 g/mol. The summed E-state index contributed by atoms with van der Waals surface area (Å²) in [6.07, 6.45) is 15.2. The van der Waals surface area contributed by atoms with Crippen molar-refractivity contribution in [3.05, 3.63) is 23.8 Å². The first-order valence-electron chi connectivity index (χ1n) is 4.64. The van der Waals surface area contributed by atoms with Crippen molar-refractivity contribution in [1.29, 1.82) is 0 Å². The number of nitrogens with two attached hydrogens (primary N) is 1. The molecule has 1 heteroatoms. The summed E-state index contributed by atoms with van der Waals surface area (Å²) in [5.74, 6) is 0. The highest BCUT2D eigenvalue weighted by molar-refractivity contribution is 5.14. The second-order valence-corrected chi connectivity index (χ2v) is 2.01. The Labute approximate surface area is 83.7 Å². The zero-order valence-corrected chi connectivity index (χ0v) is 9.38. The van der Waals surface area contributed by atoms with E-state index in [1.165, 1.54) is 5.57 Å². The van der Waals surface area contributed by atoms with Crippen LogP contribution < -0.4 is 5.73 Å². The van der Waals surface area contributed by atoms with E-state index in [0.29, 0.717) is 0 Å². The van der Waals surface area contributed by atoms with Gasteiger partial charge in [0.05, 0.1) is 0 Å². The Balaban J connectivity index is -0.000000218. The Morgan fingerprint density at radius 3 is 2.08 bits per heavy atom. The molecule has 0 fully saturated rings. The molecule has 0 heterocycles. The Morgan fingerprint density at radius 2 is 1.77 bits per heavy atom. The van der Waals surface area contributed by atoms with Gasteiger partial charge in [-0.25, -0.2) is 0 Å². The van der Waals surface area contributed by atoms with Gasteiger partial charge in [0, 0.05) is 0 Å². The van der Waals surface area contributed by atoms with Gasteiger partial charge in [0.1, 0.15) is 0 Å². The maximum Gasteiger partial charge on any atom is -0.00425 e. The van der Waals surface area contributed by atoms with Crippen LogP contribution in [-0.2, 0) is 0 Å². The van der Waals surface area contributed by atoms with Crippen LogP contribution in [0.15, 0.2) is 23.8 Å². The topological polar surface area (TPSA) is 26.0 Å². The Kier molecular flexibility index (Phi) is 31.0. The summed E-state index contributed by atoms with van der Waals surface area (Å²) in [6, 6.07) is 0. The maximum absolute atomic E-state index is 5.29. The van der Waals surface area contributed by atoms with Crippen molar-refractivity contribution in [2.45, 2.75) is 34.1 Å². The van der Waals surface area contributed by atoms with E-state index in [-0.39, 0.29) is 0 Å². The van der Waals surface area contributed by atoms with Gasteiger partial charge in [0.2, 0.25) is 0 Å². The predicted octanol–water partition coefficient (Wildman–Crippen LogP) is 3.13. The molecule has 0 atom stereocenters. The first-order valence-corrected chi connectivity index (χ1v) is 4.64. The number of rotatable bonds is 3. The first-order chi connectivity index (χ1) is 6.31. The zero-order valence-electron chi connectivity index (χ0n) is 9.38. The smallest absolute Gasteiger partial charge is 0.00425 e. The molecule has 1 nitrogen and oxygen atoms in total. The lowest BCUT2D eigenvalue weighted by molar-refractivity contribution is 1.01. The molecule has 0 aliphatic carbocycles. The summed E-state index contributed by atoms with van der Waals surface area (Å²) in [5.41, 5.74) is 6.58. The minimum absolute atomic E-state index is 0.744. The molecular formula is C12H23N. The van der Waals surface area contributed by atoms with Crippen LogP contribution in [0, 0.1) is 12.8 Å². The molecule has 0 amide bonds. The molecule has 0 saturated carbocycles. The van der Waals surface area contributed by atoms with Crippen LogP contribution in [0.5, 0.6) is 0 Å². The van der Waals surface area contributed by atoms with Gasteiger partial charge in [-0.2, -0.15) is 0 Å². The number of hydrogen-bond acceptors (Lipinski definition) is 1. The molecule has 0 unspecified atom stereocenters. The van der Waals surface area contributed by atoms with Crippen molar-refractivity contribution >= 4 is 0 Å². The van der Waals surface area contributed by atoms with Crippen LogP contribution >= 0.6 is 0 Å². The largest absolute Gasteiger partial charge is 0.330 e. The minimum atomic E-state index is 0.744. The van der Waals surface area contributed by atoms with Crippen molar-refractivity contribution in [2.75, 3.05) is 6.54 Å². The molecule has 13 heavy (non-hydrogen) atoms. The SMILES string of the molecule is C#C.C/C=C(C)\C=C/CCN.CC.